The van der Waals surface area contributed by atoms with Crippen molar-refractivity contribution >= 4 is 0 Å². The van der Waals surface area contributed by atoms with E-state index in [2.05, 4.69) is 129 Å². The minimum atomic E-state index is 0.177. The lowest BCUT2D eigenvalue weighted by Crippen LogP contribution is -2.46. The van der Waals surface area contributed by atoms with Crippen LogP contribution in [0.3, 0.4) is 0 Å². The third-order valence-electron chi connectivity index (χ3n) is 24.2. The Labute approximate surface area is 477 Å². The van der Waals surface area contributed by atoms with Crippen LogP contribution in [-0.4, -0.2) is 35.2 Å². The van der Waals surface area contributed by atoms with Gasteiger partial charge in [0.15, 0.2) is 0 Å². The van der Waals surface area contributed by atoms with E-state index in [-0.39, 0.29) is 5.41 Å². The molecule has 0 bridgehead atoms. The molecule has 5 fully saturated rings. The molecule has 3 nitrogen and oxygen atoms in total. The molecule has 12 rings (SSSR count). The van der Waals surface area contributed by atoms with Gasteiger partial charge in [-0.2, -0.15) is 0 Å². The first-order valence-electron chi connectivity index (χ1n) is 33.8. The summed E-state index contributed by atoms with van der Waals surface area (Å²) in [5, 5.41) is 4.29. The lowest BCUT2D eigenvalue weighted by Gasteiger charge is -2.52. The zero-order valence-electron chi connectivity index (χ0n) is 49.7. The quantitative estimate of drug-likeness (QED) is 0.176. The predicted octanol–water partition coefficient (Wildman–Crippen LogP) is 19.7. The smallest absolute Gasteiger partial charge is 0.0616 e. The van der Waals surface area contributed by atoms with Gasteiger partial charge in [-0.25, -0.2) is 0 Å². The van der Waals surface area contributed by atoms with Crippen molar-refractivity contribution in [2.45, 2.75) is 257 Å². The Bertz CT molecular complexity index is 2390. The van der Waals surface area contributed by atoms with Crippen LogP contribution >= 0.6 is 0 Å². The van der Waals surface area contributed by atoms with Gasteiger partial charge < -0.3 is 15.0 Å². The summed E-state index contributed by atoms with van der Waals surface area (Å²) in [6.07, 6.45) is 79.2. The average Bonchev–Trinajstić information content (AvgIpc) is 3.83. The second-order valence-electron chi connectivity index (χ2n) is 29.3. The number of allylic oxidation sites excluding steroid dienone is 16. The van der Waals surface area contributed by atoms with Crippen LogP contribution in [0.25, 0.3) is 0 Å². The first-order chi connectivity index (χ1) is 38.2. The summed E-state index contributed by atoms with van der Waals surface area (Å²) in [5.41, 5.74) is 10.9. The first kappa shape index (κ1) is 55.4. The minimum Gasteiger partial charge on any atom is -0.375 e. The van der Waals surface area contributed by atoms with Gasteiger partial charge in [-0.1, -0.05) is 142 Å². The van der Waals surface area contributed by atoms with E-state index in [1.165, 1.54) is 205 Å². The monoisotopic (exact) mass is 1050 g/mol. The molecule has 0 spiro atoms. The van der Waals surface area contributed by atoms with Gasteiger partial charge in [0.1, 0.15) is 0 Å². The molecule has 12 aliphatic rings. The number of nitrogens with zero attached hydrogens (tertiary/aromatic N) is 1. The second kappa shape index (κ2) is 24.8. The molecule has 3 heteroatoms. The largest absolute Gasteiger partial charge is 0.375 e. The normalized spacial score (nSPS) is 41.2. The molecule has 0 aromatic rings. The van der Waals surface area contributed by atoms with Crippen molar-refractivity contribution in [3.63, 3.8) is 0 Å². The van der Waals surface area contributed by atoms with Gasteiger partial charge in [0.2, 0.25) is 0 Å². The second-order valence-corrected chi connectivity index (χ2v) is 29.3. The van der Waals surface area contributed by atoms with Crippen molar-refractivity contribution in [3.05, 3.63) is 132 Å². The fourth-order valence-corrected chi connectivity index (χ4v) is 19.9. The topological polar surface area (TPSA) is 24.5 Å². The molecule has 0 aromatic carbocycles. The standard InChI is InChI=1S/C75H108N2O/c1-6-52-27-39-62(40-28-52)76-73-26-14-12-23-68(73)58-21-15-19-56(49-58)55-31-41-63(42-32-55)77(64-22-16-20-57(50-64)54-17-9-8-10-18-54)65-43-48-70-69-24-11-13-25-71(69)75(72(70)51-65,60-35-33-59(34-36-60)74(3,4)5)61-37-46-67(47-38-61)78-66-44-29-53(7-2)30-45-66/h6-9,16,21-22,35,37,41,43,48-50,52-55,57,59,62,65-73,76H,1-2,10-15,17-20,23-34,36,38-40,42,44-47,51H2,3-5H3. The molecular weight excluding hydrogens is 945 g/mol. The third-order valence-corrected chi connectivity index (χ3v) is 24.2. The summed E-state index contributed by atoms with van der Waals surface area (Å²) in [4.78, 5) is 3.00. The Morgan fingerprint density at radius 3 is 2.13 bits per heavy atom. The summed E-state index contributed by atoms with van der Waals surface area (Å²) < 4.78 is 7.08. The van der Waals surface area contributed by atoms with Gasteiger partial charge in [0.05, 0.1) is 18.2 Å². The summed E-state index contributed by atoms with van der Waals surface area (Å²) in [6, 6.07) is 1.71. The Balaban J connectivity index is 0.847. The molecule has 1 N–H and O–H groups in total. The van der Waals surface area contributed by atoms with Crippen LogP contribution in [0.5, 0.6) is 0 Å². The van der Waals surface area contributed by atoms with Crippen molar-refractivity contribution in [2.75, 3.05) is 0 Å². The van der Waals surface area contributed by atoms with E-state index >= 15 is 0 Å². The van der Waals surface area contributed by atoms with Gasteiger partial charge in [0.25, 0.3) is 0 Å². The molecule has 0 amide bonds. The van der Waals surface area contributed by atoms with E-state index in [1.807, 2.05) is 11.1 Å². The molecule has 424 valence electrons. The minimum absolute atomic E-state index is 0.177. The molecule has 0 radical (unpaired) electrons. The van der Waals surface area contributed by atoms with Crippen molar-refractivity contribution < 1.29 is 4.74 Å². The summed E-state index contributed by atoms with van der Waals surface area (Å²) >= 11 is 0. The third kappa shape index (κ3) is 11.6. The lowest BCUT2D eigenvalue weighted by atomic mass is 9.54. The zero-order valence-corrected chi connectivity index (χ0v) is 49.7. The molecular formula is C75H108N2O. The van der Waals surface area contributed by atoms with E-state index in [1.54, 1.807) is 16.8 Å². The Kier molecular flexibility index (Phi) is 17.6. The van der Waals surface area contributed by atoms with E-state index in [4.69, 9.17) is 4.74 Å². The van der Waals surface area contributed by atoms with Crippen LogP contribution in [0.15, 0.2) is 132 Å². The molecule has 0 aromatic heterocycles. The molecule has 13 atom stereocenters. The van der Waals surface area contributed by atoms with Crippen molar-refractivity contribution in [1.82, 2.24) is 10.2 Å². The highest BCUT2D eigenvalue weighted by Gasteiger charge is 2.63. The summed E-state index contributed by atoms with van der Waals surface area (Å²) in [5.74, 6) is 7.82. The van der Waals surface area contributed by atoms with Crippen LogP contribution < -0.4 is 5.32 Å². The first-order valence-corrected chi connectivity index (χ1v) is 33.8. The average molecular weight is 1050 g/mol. The van der Waals surface area contributed by atoms with Crippen LogP contribution in [0.2, 0.25) is 0 Å². The molecule has 0 heterocycles. The van der Waals surface area contributed by atoms with Crippen LogP contribution in [-0.2, 0) is 4.74 Å². The number of hydrogen-bond acceptors (Lipinski definition) is 3. The number of nitrogens with one attached hydrogen (secondary N) is 1. The fourth-order valence-electron chi connectivity index (χ4n) is 19.9. The summed E-state index contributed by atoms with van der Waals surface area (Å²) in [6.45, 7) is 15.8. The van der Waals surface area contributed by atoms with Crippen LogP contribution in [0.1, 0.15) is 226 Å². The molecule has 13 unspecified atom stereocenters. The van der Waals surface area contributed by atoms with Crippen molar-refractivity contribution in [3.8, 4) is 0 Å². The Morgan fingerprint density at radius 2 is 1.41 bits per heavy atom. The molecule has 0 aliphatic heterocycles. The maximum atomic E-state index is 7.08. The van der Waals surface area contributed by atoms with E-state index in [0.29, 0.717) is 71.3 Å². The molecule has 78 heavy (non-hydrogen) atoms. The van der Waals surface area contributed by atoms with Crippen molar-refractivity contribution in [1.29, 1.82) is 0 Å². The summed E-state index contributed by atoms with van der Waals surface area (Å²) in [7, 11) is 0. The van der Waals surface area contributed by atoms with Gasteiger partial charge >= 0.3 is 0 Å². The van der Waals surface area contributed by atoms with Gasteiger partial charge in [-0.3, -0.25) is 0 Å². The van der Waals surface area contributed by atoms with Gasteiger partial charge in [-0.05, 0) is 262 Å². The van der Waals surface area contributed by atoms with Gasteiger partial charge in [0, 0.05) is 28.9 Å². The Hall–Kier alpha value is -3.14. The molecule has 12 aliphatic carbocycles. The predicted molar refractivity (Wildman–Crippen MR) is 329 cm³/mol. The number of rotatable bonds is 14. The van der Waals surface area contributed by atoms with E-state index in [0.717, 1.165) is 36.0 Å². The lowest BCUT2D eigenvalue weighted by molar-refractivity contribution is -0.0391. The van der Waals surface area contributed by atoms with E-state index < -0.39 is 0 Å². The number of hydrogen-bond donors (Lipinski definition) is 1. The highest BCUT2D eigenvalue weighted by molar-refractivity contribution is 5.42. The highest BCUT2D eigenvalue weighted by Crippen LogP contribution is 2.70. The van der Waals surface area contributed by atoms with Crippen LogP contribution in [0, 0.1) is 75.9 Å². The van der Waals surface area contributed by atoms with Crippen LogP contribution in [0.4, 0.5) is 0 Å². The maximum absolute atomic E-state index is 7.08. The molecule has 0 saturated heterocycles. The SMILES string of the molecule is C=CC1CCC(NC2CCCCC2C2=CCCC(C3CC=C(N(C4=CC(C5CC=CCC5)CC=C4)C4C=CC5C6CCCCC6C(C6=CCC(OC7CCC(C=C)CC7)CC6)(C6=CCC(C(C)(C)C)CC6)C5C4)CC3)=C2)CC1. The van der Waals surface area contributed by atoms with E-state index in [9.17, 15) is 0 Å². The van der Waals surface area contributed by atoms with Crippen molar-refractivity contribution in [2.24, 2.45) is 75.9 Å². The Morgan fingerprint density at radius 1 is 0.641 bits per heavy atom. The maximum Gasteiger partial charge on any atom is 0.0616 e. The highest BCUT2D eigenvalue weighted by atomic mass is 16.5. The number of fused-ring (bicyclic) bond motifs is 3. The fraction of sp³-hybridized carbons (Fsp3) is 0.707. The van der Waals surface area contributed by atoms with Gasteiger partial charge in [-0.15, -0.1) is 13.2 Å². The number of ether oxygens (including phenoxy) is 1. The zero-order chi connectivity index (χ0) is 53.2. The molecule has 5 saturated carbocycles.